The third-order valence-electron chi connectivity index (χ3n) is 7.14. The van der Waals surface area contributed by atoms with Crippen LogP contribution < -0.4 is 10.4 Å². The number of amides is 1. The number of carbonyl (C=O) groups excluding carboxylic acids is 1. The van der Waals surface area contributed by atoms with E-state index in [0.717, 1.165) is 19.3 Å². The summed E-state index contributed by atoms with van der Waals surface area (Å²) in [6, 6.07) is 18.8. The fraction of sp³-hybridized carbons (Fsp3) is 0.333. The van der Waals surface area contributed by atoms with Crippen LogP contribution in [0.2, 0.25) is 0 Å². The number of carbonyl (C=O) groups is 1. The van der Waals surface area contributed by atoms with E-state index in [4.69, 9.17) is 0 Å². The summed E-state index contributed by atoms with van der Waals surface area (Å²) >= 11 is 0. The fourth-order valence-electron chi connectivity index (χ4n) is 5.10. The average Bonchev–Trinajstić information content (AvgIpc) is 2.98. The van der Waals surface area contributed by atoms with Crippen molar-refractivity contribution in [3.63, 3.8) is 0 Å². The predicted octanol–water partition coefficient (Wildman–Crippen LogP) is 4.19. The van der Waals surface area contributed by atoms with E-state index in [9.17, 15) is 9.59 Å². The van der Waals surface area contributed by atoms with Crippen LogP contribution in [0.25, 0.3) is 0 Å². The molecule has 1 aliphatic heterocycles. The van der Waals surface area contributed by atoms with Gasteiger partial charge in [0.05, 0.1) is 6.04 Å². The standard InChI is InChI=1S/C27H29N3O2/c1-4-18(2)28-17-30(29-16-15-24(31)19(3)25(29)27(28)32)26-22-11-7-5-9-20(22)13-14-21-10-6-8-12-23(21)26/h5-12,15-16,18,26H,4,13-14,17H2,1-3H3. The molecule has 2 aliphatic rings. The Morgan fingerprint density at radius 1 is 0.938 bits per heavy atom. The fourth-order valence-corrected chi connectivity index (χ4v) is 5.10. The molecule has 2 aromatic carbocycles. The maximum absolute atomic E-state index is 13.5. The van der Waals surface area contributed by atoms with Crippen LogP contribution in [0.3, 0.4) is 0 Å². The number of aromatic nitrogens is 1. The summed E-state index contributed by atoms with van der Waals surface area (Å²) in [7, 11) is 0. The summed E-state index contributed by atoms with van der Waals surface area (Å²) in [5.41, 5.74) is 6.07. The Morgan fingerprint density at radius 3 is 2.12 bits per heavy atom. The molecule has 32 heavy (non-hydrogen) atoms. The zero-order valence-corrected chi connectivity index (χ0v) is 18.9. The molecule has 0 saturated heterocycles. The Balaban J connectivity index is 1.78. The predicted molar refractivity (Wildman–Crippen MR) is 127 cm³/mol. The van der Waals surface area contributed by atoms with Crippen molar-refractivity contribution in [1.29, 1.82) is 0 Å². The zero-order valence-electron chi connectivity index (χ0n) is 18.9. The highest BCUT2D eigenvalue weighted by atomic mass is 16.2. The van der Waals surface area contributed by atoms with Crippen LogP contribution >= 0.6 is 0 Å². The van der Waals surface area contributed by atoms with Crippen molar-refractivity contribution in [3.8, 4) is 0 Å². The maximum atomic E-state index is 13.5. The Morgan fingerprint density at radius 2 is 1.53 bits per heavy atom. The molecule has 0 radical (unpaired) electrons. The van der Waals surface area contributed by atoms with E-state index in [0.29, 0.717) is 17.9 Å². The van der Waals surface area contributed by atoms with Crippen LogP contribution in [0.1, 0.15) is 64.6 Å². The molecular weight excluding hydrogens is 398 g/mol. The molecule has 5 rings (SSSR count). The maximum Gasteiger partial charge on any atom is 0.274 e. The van der Waals surface area contributed by atoms with E-state index < -0.39 is 0 Å². The first kappa shape index (κ1) is 20.6. The normalized spacial score (nSPS) is 16.8. The van der Waals surface area contributed by atoms with Crippen molar-refractivity contribution in [2.45, 2.75) is 52.1 Å². The van der Waals surface area contributed by atoms with Crippen LogP contribution in [0.5, 0.6) is 0 Å². The van der Waals surface area contributed by atoms with Crippen LogP contribution in [0.15, 0.2) is 65.6 Å². The number of hydrogen-bond donors (Lipinski definition) is 0. The average molecular weight is 428 g/mol. The summed E-state index contributed by atoms with van der Waals surface area (Å²) in [6.45, 7) is 6.41. The first-order valence-corrected chi connectivity index (χ1v) is 11.5. The van der Waals surface area contributed by atoms with Gasteiger partial charge in [0.2, 0.25) is 0 Å². The number of aryl methyl sites for hydroxylation is 2. The minimum atomic E-state index is -0.0998. The van der Waals surface area contributed by atoms with Gasteiger partial charge in [-0.05, 0) is 55.4 Å². The van der Waals surface area contributed by atoms with Crippen LogP contribution in [0, 0.1) is 6.92 Å². The SMILES string of the molecule is CCC(C)N1CN(C2c3ccccc3CCc3ccccc32)n2ccc(=O)c(C)c2C1=O. The van der Waals surface area contributed by atoms with Crippen molar-refractivity contribution in [1.82, 2.24) is 9.58 Å². The molecule has 1 aliphatic carbocycles. The lowest BCUT2D eigenvalue weighted by atomic mass is 9.94. The molecule has 164 valence electrons. The molecule has 5 heteroatoms. The molecule has 0 saturated carbocycles. The van der Waals surface area contributed by atoms with E-state index in [-0.39, 0.29) is 23.4 Å². The number of rotatable bonds is 3. The van der Waals surface area contributed by atoms with Crippen molar-refractivity contribution in [3.05, 3.63) is 105 Å². The molecule has 1 unspecified atom stereocenters. The Kier molecular flexibility index (Phi) is 5.12. The summed E-state index contributed by atoms with van der Waals surface area (Å²) in [5.74, 6) is -0.0685. The van der Waals surface area contributed by atoms with E-state index in [2.05, 4.69) is 67.4 Å². The van der Waals surface area contributed by atoms with Gasteiger partial charge in [-0.25, -0.2) is 0 Å². The molecule has 1 amide bonds. The third kappa shape index (κ3) is 3.15. The topological polar surface area (TPSA) is 45.5 Å². The van der Waals surface area contributed by atoms with E-state index in [1.807, 2.05) is 9.58 Å². The highest BCUT2D eigenvalue weighted by Gasteiger charge is 2.38. The lowest BCUT2D eigenvalue weighted by molar-refractivity contribution is 0.0605. The molecule has 0 bridgehead atoms. The largest absolute Gasteiger partial charge is 0.315 e. The minimum Gasteiger partial charge on any atom is -0.315 e. The first-order chi connectivity index (χ1) is 15.5. The molecule has 1 aromatic heterocycles. The van der Waals surface area contributed by atoms with Crippen LogP contribution in [0.4, 0.5) is 0 Å². The second kappa shape index (κ2) is 7.97. The van der Waals surface area contributed by atoms with Crippen LogP contribution in [-0.2, 0) is 12.8 Å². The lowest BCUT2D eigenvalue weighted by Gasteiger charge is -2.46. The van der Waals surface area contributed by atoms with Gasteiger partial charge in [0.1, 0.15) is 12.4 Å². The first-order valence-electron chi connectivity index (χ1n) is 11.5. The second-order valence-corrected chi connectivity index (χ2v) is 8.91. The zero-order chi connectivity index (χ0) is 22.4. The number of fused-ring (bicyclic) bond motifs is 3. The Bertz CT molecular complexity index is 1200. The molecule has 2 heterocycles. The minimum absolute atomic E-state index is 0.0507. The van der Waals surface area contributed by atoms with Gasteiger partial charge in [-0.15, -0.1) is 0 Å². The number of pyridine rings is 1. The summed E-state index contributed by atoms with van der Waals surface area (Å²) < 4.78 is 1.93. The molecule has 0 fully saturated rings. The Hall–Kier alpha value is -3.34. The quantitative estimate of drug-likeness (QED) is 0.630. The van der Waals surface area contributed by atoms with Gasteiger partial charge >= 0.3 is 0 Å². The van der Waals surface area contributed by atoms with Gasteiger partial charge < -0.3 is 4.90 Å². The molecule has 5 nitrogen and oxygen atoms in total. The summed E-state index contributed by atoms with van der Waals surface area (Å²) in [5, 5.41) is 2.26. The van der Waals surface area contributed by atoms with E-state index in [1.54, 1.807) is 19.2 Å². The van der Waals surface area contributed by atoms with Crippen LogP contribution in [-0.4, -0.2) is 28.2 Å². The number of hydrogen-bond acceptors (Lipinski definition) is 3. The molecule has 0 N–H and O–H groups in total. The molecule has 3 aromatic rings. The van der Waals surface area contributed by atoms with Gasteiger partial charge in [0.15, 0.2) is 5.43 Å². The van der Waals surface area contributed by atoms with Crippen molar-refractivity contribution in [2.24, 2.45) is 0 Å². The second-order valence-electron chi connectivity index (χ2n) is 8.91. The highest BCUT2D eigenvalue weighted by molar-refractivity contribution is 5.95. The monoisotopic (exact) mass is 427 g/mol. The smallest absolute Gasteiger partial charge is 0.274 e. The summed E-state index contributed by atoms with van der Waals surface area (Å²) in [6.07, 6.45) is 4.60. The van der Waals surface area contributed by atoms with Gasteiger partial charge in [0.25, 0.3) is 5.91 Å². The van der Waals surface area contributed by atoms with Gasteiger partial charge in [-0.1, -0.05) is 55.5 Å². The van der Waals surface area contributed by atoms with Crippen molar-refractivity contribution < 1.29 is 4.79 Å². The Labute approximate surface area is 188 Å². The van der Waals surface area contributed by atoms with Crippen molar-refractivity contribution >= 4 is 5.91 Å². The third-order valence-corrected chi connectivity index (χ3v) is 7.14. The number of nitrogens with zero attached hydrogens (tertiary/aromatic N) is 3. The van der Waals surface area contributed by atoms with Gasteiger partial charge in [-0.2, -0.15) is 0 Å². The lowest BCUT2D eigenvalue weighted by Crippen LogP contribution is -2.58. The summed E-state index contributed by atoms with van der Waals surface area (Å²) in [4.78, 5) is 27.9. The van der Waals surface area contributed by atoms with E-state index in [1.165, 1.54) is 22.3 Å². The highest BCUT2D eigenvalue weighted by Crippen LogP contribution is 2.37. The number of benzene rings is 2. The van der Waals surface area contributed by atoms with E-state index >= 15 is 0 Å². The van der Waals surface area contributed by atoms with Gasteiger partial charge in [-0.3, -0.25) is 19.3 Å². The van der Waals surface area contributed by atoms with Crippen molar-refractivity contribution in [2.75, 3.05) is 11.7 Å². The van der Waals surface area contributed by atoms with Gasteiger partial charge in [0, 0.05) is 23.9 Å². The molecule has 1 atom stereocenters. The molecular formula is C27H29N3O2. The molecule has 0 spiro atoms.